The summed E-state index contributed by atoms with van der Waals surface area (Å²) in [7, 11) is 0. The first kappa shape index (κ1) is 10.9. The average Bonchev–Trinajstić information content (AvgIpc) is 2.49. The topological polar surface area (TPSA) is 81.8 Å². The number of rotatable bonds is 0. The van der Waals surface area contributed by atoms with E-state index >= 15 is 0 Å². The van der Waals surface area contributed by atoms with Gasteiger partial charge in [0.2, 0.25) is 0 Å². The summed E-state index contributed by atoms with van der Waals surface area (Å²) < 4.78 is 0. The average molecular weight is 259 g/mol. The van der Waals surface area contributed by atoms with Crippen LogP contribution < -0.4 is 11.2 Å². The molecule has 3 heterocycles. The van der Waals surface area contributed by atoms with Crippen molar-refractivity contribution in [1.82, 2.24) is 15.0 Å². The molecule has 0 aliphatic rings. The SMILES string of the molecule is Nc1cnc2cnc3ncc(Cl)cc3c(=O)c2c1. The minimum atomic E-state index is -0.229. The van der Waals surface area contributed by atoms with Crippen molar-refractivity contribution < 1.29 is 0 Å². The fourth-order valence-electron chi connectivity index (χ4n) is 1.75. The highest BCUT2D eigenvalue weighted by atomic mass is 35.5. The highest BCUT2D eigenvalue weighted by Gasteiger charge is 2.06. The number of nitrogen functional groups attached to an aromatic ring is 1. The lowest BCUT2D eigenvalue weighted by Crippen LogP contribution is -2.01. The second-order valence-corrected chi connectivity index (χ2v) is 4.25. The molecule has 0 radical (unpaired) electrons. The van der Waals surface area contributed by atoms with Crippen molar-refractivity contribution in [3.63, 3.8) is 0 Å². The van der Waals surface area contributed by atoms with E-state index in [9.17, 15) is 4.79 Å². The standard InChI is InChI=1S/C12H7ClN4O/c13-6-1-9-11(18)8-2-7(14)4-15-10(8)5-17-12(9)16-3-6/h1-5H,14H2. The van der Waals surface area contributed by atoms with E-state index in [4.69, 9.17) is 17.3 Å². The molecule has 0 saturated heterocycles. The zero-order chi connectivity index (χ0) is 12.7. The molecule has 5 nitrogen and oxygen atoms in total. The van der Waals surface area contributed by atoms with Crippen LogP contribution in [-0.2, 0) is 0 Å². The zero-order valence-electron chi connectivity index (χ0n) is 9.09. The summed E-state index contributed by atoms with van der Waals surface area (Å²) in [5, 5.41) is 1.14. The smallest absolute Gasteiger partial charge is 0.199 e. The number of pyridine rings is 2. The van der Waals surface area contributed by atoms with Crippen molar-refractivity contribution in [1.29, 1.82) is 0 Å². The molecule has 6 heteroatoms. The lowest BCUT2D eigenvalue weighted by Gasteiger charge is -1.93. The lowest BCUT2D eigenvalue weighted by molar-refractivity contribution is 1.30. The Morgan fingerprint density at radius 3 is 2.61 bits per heavy atom. The predicted octanol–water partition coefficient (Wildman–Crippen LogP) is 1.77. The quantitative estimate of drug-likeness (QED) is 0.665. The van der Waals surface area contributed by atoms with Gasteiger partial charge in [-0.3, -0.25) is 9.78 Å². The number of hydrogen-bond acceptors (Lipinski definition) is 5. The maximum Gasteiger partial charge on any atom is 0.199 e. The zero-order valence-corrected chi connectivity index (χ0v) is 9.85. The highest BCUT2D eigenvalue weighted by molar-refractivity contribution is 6.31. The van der Waals surface area contributed by atoms with E-state index in [2.05, 4.69) is 15.0 Å². The van der Waals surface area contributed by atoms with Crippen LogP contribution in [0.2, 0.25) is 5.02 Å². The van der Waals surface area contributed by atoms with Crippen LogP contribution in [-0.4, -0.2) is 15.0 Å². The van der Waals surface area contributed by atoms with Crippen molar-refractivity contribution in [2.75, 3.05) is 5.73 Å². The fraction of sp³-hybridized carbons (Fsp3) is 0. The van der Waals surface area contributed by atoms with E-state index in [0.717, 1.165) is 0 Å². The molecule has 0 amide bonds. The summed E-state index contributed by atoms with van der Waals surface area (Å²) >= 11 is 5.85. The Labute approximate surface area is 106 Å². The molecule has 0 spiro atoms. The Morgan fingerprint density at radius 2 is 1.78 bits per heavy atom. The fourth-order valence-corrected chi connectivity index (χ4v) is 1.90. The Morgan fingerprint density at radius 1 is 1.00 bits per heavy atom. The second kappa shape index (κ2) is 3.89. The summed E-state index contributed by atoms with van der Waals surface area (Å²) in [4.78, 5) is 24.6. The Kier molecular flexibility index (Phi) is 2.34. The Hall–Kier alpha value is -2.27. The van der Waals surface area contributed by atoms with Crippen LogP contribution in [0, 0.1) is 0 Å². The van der Waals surface area contributed by atoms with Crippen molar-refractivity contribution in [3.05, 3.63) is 46.0 Å². The molecule has 88 valence electrons. The summed E-state index contributed by atoms with van der Waals surface area (Å²) in [6.07, 6.45) is 4.43. The molecule has 0 saturated carbocycles. The molecule has 3 rings (SSSR count). The number of anilines is 1. The number of aromatic nitrogens is 3. The van der Waals surface area contributed by atoms with Gasteiger partial charge in [-0.1, -0.05) is 11.6 Å². The van der Waals surface area contributed by atoms with Gasteiger partial charge in [0.15, 0.2) is 11.1 Å². The third kappa shape index (κ3) is 1.65. The molecular formula is C12H7ClN4O. The molecule has 0 aromatic carbocycles. The first-order valence-electron chi connectivity index (χ1n) is 5.15. The molecule has 3 aromatic rings. The number of halogens is 1. The van der Waals surface area contributed by atoms with Gasteiger partial charge in [0.05, 0.1) is 39.4 Å². The molecule has 2 N–H and O–H groups in total. The third-order valence-electron chi connectivity index (χ3n) is 2.57. The number of hydrogen-bond donors (Lipinski definition) is 1. The monoisotopic (exact) mass is 258 g/mol. The van der Waals surface area contributed by atoms with Gasteiger partial charge in [0.25, 0.3) is 0 Å². The largest absolute Gasteiger partial charge is 0.397 e. The first-order chi connectivity index (χ1) is 8.65. The highest BCUT2D eigenvalue weighted by Crippen LogP contribution is 2.15. The van der Waals surface area contributed by atoms with Gasteiger partial charge in [0.1, 0.15) is 0 Å². The Bertz CT molecular complexity index is 767. The van der Waals surface area contributed by atoms with E-state index in [1.807, 2.05) is 0 Å². The molecule has 0 bridgehead atoms. The summed E-state index contributed by atoms with van der Waals surface area (Å²) in [5.41, 5.74) is 6.65. The molecular weight excluding hydrogens is 252 g/mol. The van der Waals surface area contributed by atoms with Gasteiger partial charge in [0, 0.05) is 6.20 Å². The normalized spacial score (nSPS) is 10.9. The van der Waals surface area contributed by atoms with Gasteiger partial charge in [-0.15, -0.1) is 0 Å². The molecule has 0 fully saturated rings. The van der Waals surface area contributed by atoms with Gasteiger partial charge in [-0.05, 0) is 12.1 Å². The number of nitrogens with zero attached hydrogens (tertiary/aromatic N) is 3. The van der Waals surface area contributed by atoms with Crippen molar-refractivity contribution in [2.45, 2.75) is 0 Å². The molecule has 0 unspecified atom stereocenters. The van der Waals surface area contributed by atoms with Crippen LogP contribution in [0.4, 0.5) is 5.69 Å². The molecule has 0 aliphatic carbocycles. The lowest BCUT2D eigenvalue weighted by atomic mass is 10.2. The van der Waals surface area contributed by atoms with Gasteiger partial charge >= 0.3 is 0 Å². The first-order valence-corrected chi connectivity index (χ1v) is 5.53. The van der Waals surface area contributed by atoms with E-state index < -0.39 is 0 Å². The van der Waals surface area contributed by atoms with Crippen LogP contribution in [0.1, 0.15) is 0 Å². The predicted molar refractivity (Wildman–Crippen MR) is 70.5 cm³/mol. The van der Waals surface area contributed by atoms with Crippen LogP contribution in [0.25, 0.3) is 21.9 Å². The molecule has 0 aliphatic heterocycles. The summed E-state index contributed by atoms with van der Waals surface area (Å²) in [6.45, 7) is 0. The molecule has 0 atom stereocenters. The minimum Gasteiger partial charge on any atom is -0.397 e. The van der Waals surface area contributed by atoms with Crippen molar-refractivity contribution >= 4 is 39.2 Å². The number of fused-ring (bicyclic) bond motifs is 2. The van der Waals surface area contributed by atoms with E-state index in [-0.39, 0.29) is 5.43 Å². The van der Waals surface area contributed by atoms with Crippen LogP contribution >= 0.6 is 11.6 Å². The number of nitrogens with two attached hydrogens (primary N) is 1. The van der Waals surface area contributed by atoms with Crippen LogP contribution in [0.5, 0.6) is 0 Å². The third-order valence-corrected chi connectivity index (χ3v) is 2.78. The maximum absolute atomic E-state index is 12.4. The van der Waals surface area contributed by atoms with Gasteiger partial charge < -0.3 is 5.73 Å². The molecule has 3 aromatic heterocycles. The van der Waals surface area contributed by atoms with Gasteiger partial charge in [-0.2, -0.15) is 0 Å². The minimum absolute atomic E-state index is 0.229. The summed E-state index contributed by atoms with van der Waals surface area (Å²) in [6, 6.07) is 3.12. The second-order valence-electron chi connectivity index (χ2n) is 3.81. The van der Waals surface area contributed by atoms with Crippen LogP contribution in [0.3, 0.4) is 0 Å². The van der Waals surface area contributed by atoms with E-state index in [1.54, 1.807) is 12.1 Å². The molecule has 18 heavy (non-hydrogen) atoms. The van der Waals surface area contributed by atoms with E-state index in [1.165, 1.54) is 18.6 Å². The van der Waals surface area contributed by atoms with Crippen molar-refractivity contribution in [2.24, 2.45) is 0 Å². The van der Waals surface area contributed by atoms with E-state index in [0.29, 0.717) is 32.6 Å². The maximum atomic E-state index is 12.4. The Balaban J connectivity index is 2.62. The van der Waals surface area contributed by atoms with Crippen LogP contribution in [0.15, 0.2) is 35.5 Å². The summed E-state index contributed by atoms with van der Waals surface area (Å²) in [5.74, 6) is 0. The van der Waals surface area contributed by atoms with Crippen molar-refractivity contribution in [3.8, 4) is 0 Å². The van der Waals surface area contributed by atoms with Gasteiger partial charge in [-0.25, -0.2) is 9.97 Å².